The predicted octanol–water partition coefficient (Wildman–Crippen LogP) is 4.70. The number of hydrogen-bond acceptors (Lipinski definition) is 3. The molecule has 4 nitrogen and oxygen atoms in total. The number of alkyl halides is 11. The summed E-state index contributed by atoms with van der Waals surface area (Å²) in [6.45, 7) is 1.34. The molecular weight excluding hydrogens is 463 g/mol. The van der Waals surface area contributed by atoms with Crippen LogP contribution < -0.4 is 5.32 Å². The van der Waals surface area contributed by atoms with Crippen LogP contribution in [-0.2, 0) is 9.53 Å². The third-order valence-corrected chi connectivity index (χ3v) is 4.41. The second kappa shape index (κ2) is 6.95. The van der Waals surface area contributed by atoms with E-state index in [0.717, 1.165) is 17.4 Å². The molecule has 1 aliphatic rings. The molecular formula is C16H10F11NO3. The molecule has 0 unspecified atom stereocenters. The molecule has 1 aromatic carbocycles. The van der Waals surface area contributed by atoms with E-state index < -0.39 is 52.8 Å². The number of ether oxygens (including phenoxy) is 1. The van der Waals surface area contributed by atoms with Crippen LogP contribution in [0.5, 0.6) is 0 Å². The number of anilines is 1. The van der Waals surface area contributed by atoms with Gasteiger partial charge in [0.25, 0.3) is 5.91 Å². The summed E-state index contributed by atoms with van der Waals surface area (Å²) in [6.07, 6.45) is 0. The van der Waals surface area contributed by atoms with Gasteiger partial charge in [-0.05, 0) is 31.2 Å². The summed E-state index contributed by atoms with van der Waals surface area (Å²) in [5, 5.41) is 0.927. The summed E-state index contributed by atoms with van der Waals surface area (Å²) >= 11 is 0. The van der Waals surface area contributed by atoms with E-state index in [1.54, 1.807) is 0 Å². The molecule has 1 N–H and O–H groups in total. The summed E-state index contributed by atoms with van der Waals surface area (Å²) in [6, 6.07) is 2.76. The molecule has 0 heterocycles. The van der Waals surface area contributed by atoms with Gasteiger partial charge in [0.1, 0.15) is 0 Å². The van der Waals surface area contributed by atoms with Crippen molar-refractivity contribution in [2.45, 2.75) is 42.2 Å². The minimum Gasteiger partial charge on any atom is -0.462 e. The lowest BCUT2D eigenvalue weighted by atomic mass is 9.71. The molecule has 0 aliphatic heterocycles. The lowest BCUT2D eigenvalue weighted by Crippen LogP contribution is -2.86. The fourth-order valence-electron chi connectivity index (χ4n) is 2.63. The Morgan fingerprint density at radius 3 is 1.52 bits per heavy atom. The van der Waals surface area contributed by atoms with Gasteiger partial charge in [0.2, 0.25) is 0 Å². The van der Waals surface area contributed by atoms with Gasteiger partial charge >= 0.3 is 41.3 Å². The van der Waals surface area contributed by atoms with Gasteiger partial charge in [-0.2, -0.15) is 43.9 Å². The van der Waals surface area contributed by atoms with Crippen LogP contribution in [0.3, 0.4) is 0 Å². The molecule has 0 spiro atoms. The summed E-state index contributed by atoms with van der Waals surface area (Å²) < 4.78 is 154. The van der Waals surface area contributed by atoms with Crippen LogP contribution in [0, 0.1) is 0 Å². The minimum atomic E-state index is -7.41. The van der Waals surface area contributed by atoms with Crippen molar-refractivity contribution in [3.05, 3.63) is 29.8 Å². The van der Waals surface area contributed by atoms with E-state index >= 15 is 0 Å². The Morgan fingerprint density at radius 1 is 0.742 bits per heavy atom. The molecule has 0 atom stereocenters. The van der Waals surface area contributed by atoms with Gasteiger partial charge in [0.05, 0.1) is 12.2 Å². The van der Waals surface area contributed by atoms with Gasteiger partial charge in [0.15, 0.2) is 0 Å². The van der Waals surface area contributed by atoms with Crippen molar-refractivity contribution in [2.24, 2.45) is 0 Å². The minimum absolute atomic E-state index is 0.0844. The van der Waals surface area contributed by atoms with E-state index in [1.807, 2.05) is 0 Å². The highest BCUT2D eigenvalue weighted by molar-refractivity contribution is 6.00. The Balaban J connectivity index is 2.52. The number of rotatable bonds is 4. The van der Waals surface area contributed by atoms with E-state index in [2.05, 4.69) is 4.74 Å². The summed E-state index contributed by atoms with van der Waals surface area (Å²) in [5.74, 6) is -41.1. The first-order valence-corrected chi connectivity index (χ1v) is 8.01. The number of nitrogens with one attached hydrogen (secondary N) is 1. The largest absolute Gasteiger partial charge is 0.462 e. The van der Waals surface area contributed by atoms with Crippen molar-refractivity contribution in [1.82, 2.24) is 0 Å². The quantitative estimate of drug-likeness (QED) is 0.510. The van der Waals surface area contributed by atoms with Gasteiger partial charge in [-0.15, -0.1) is 0 Å². The molecule has 1 saturated carbocycles. The third kappa shape index (κ3) is 2.87. The van der Waals surface area contributed by atoms with Gasteiger partial charge in [-0.1, -0.05) is 0 Å². The Kier molecular flexibility index (Phi) is 5.53. The van der Waals surface area contributed by atoms with Gasteiger partial charge in [0, 0.05) is 5.69 Å². The highest BCUT2D eigenvalue weighted by Gasteiger charge is 3.02. The number of carbonyl (C=O) groups excluding carboxylic acids is 2. The number of carbonyl (C=O) groups is 2. The van der Waals surface area contributed by atoms with E-state index in [-0.39, 0.29) is 12.2 Å². The average molecular weight is 473 g/mol. The van der Waals surface area contributed by atoms with Crippen LogP contribution in [-0.4, -0.2) is 53.8 Å². The van der Waals surface area contributed by atoms with Crippen molar-refractivity contribution in [3.63, 3.8) is 0 Å². The monoisotopic (exact) mass is 473 g/mol. The van der Waals surface area contributed by atoms with Crippen LogP contribution in [0.1, 0.15) is 17.3 Å². The Hall–Kier alpha value is -2.61. The standard InChI is InChI=1S/C16H10F11NO3/c1-2-31-9(29)7-3-5-8(6-4-7)28-10(30)11(17)12(18,19)14(22,23)16(26,27)15(24,25)13(11,20)21/h3-6H,2H2,1H3,(H,28,30). The summed E-state index contributed by atoms with van der Waals surface area (Å²) in [7, 11) is 0. The van der Waals surface area contributed by atoms with E-state index in [9.17, 15) is 57.9 Å². The summed E-state index contributed by atoms with van der Waals surface area (Å²) in [5.41, 5.74) is -7.94. The fourth-order valence-corrected chi connectivity index (χ4v) is 2.63. The number of amides is 1. The van der Waals surface area contributed by atoms with Gasteiger partial charge in [-0.3, -0.25) is 4.79 Å². The molecule has 1 amide bonds. The predicted molar refractivity (Wildman–Crippen MR) is 79.6 cm³/mol. The molecule has 0 saturated heterocycles. The second-order valence-corrected chi connectivity index (χ2v) is 6.28. The smallest absolute Gasteiger partial charge is 0.384 e. The first-order chi connectivity index (χ1) is 13.8. The number of halogens is 11. The first kappa shape index (κ1) is 24.7. The highest BCUT2D eigenvalue weighted by Crippen LogP contribution is 2.69. The fraction of sp³-hybridized carbons (Fsp3) is 0.500. The summed E-state index contributed by atoms with van der Waals surface area (Å²) in [4.78, 5) is 23.2. The zero-order valence-corrected chi connectivity index (χ0v) is 14.9. The maximum Gasteiger partial charge on any atom is 0.384 e. The van der Waals surface area contributed by atoms with Crippen LogP contribution in [0.25, 0.3) is 0 Å². The zero-order chi connectivity index (χ0) is 24.3. The van der Waals surface area contributed by atoms with Gasteiger partial charge < -0.3 is 10.1 Å². The Labute approximate surface area is 165 Å². The molecule has 1 fully saturated rings. The van der Waals surface area contributed by atoms with E-state index in [0.29, 0.717) is 12.1 Å². The van der Waals surface area contributed by atoms with Crippen molar-refractivity contribution in [1.29, 1.82) is 0 Å². The van der Waals surface area contributed by atoms with Crippen molar-refractivity contribution in [2.75, 3.05) is 11.9 Å². The molecule has 0 bridgehead atoms. The Morgan fingerprint density at radius 2 is 1.13 bits per heavy atom. The third-order valence-electron chi connectivity index (χ3n) is 4.41. The number of hydrogen-bond donors (Lipinski definition) is 1. The lowest BCUT2D eigenvalue weighted by molar-refractivity contribution is -0.475. The molecule has 0 radical (unpaired) electrons. The molecule has 1 aromatic rings. The second-order valence-electron chi connectivity index (χ2n) is 6.28. The number of benzene rings is 1. The highest BCUT2D eigenvalue weighted by atomic mass is 19.4. The lowest BCUT2D eigenvalue weighted by Gasteiger charge is -2.51. The number of esters is 1. The molecule has 15 heteroatoms. The molecule has 1 aliphatic carbocycles. The van der Waals surface area contributed by atoms with Crippen LogP contribution in [0.2, 0.25) is 0 Å². The topological polar surface area (TPSA) is 55.4 Å². The molecule has 31 heavy (non-hydrogen) atoms. The molecule has 0 aromatic heterocycles. The zero-order valence-electron chi connectivity index (χ0n) is 14.9. The Bertz CT molecular complexity index is 853. The van der Waals surface area contributed by atoms with Crippen LogP contribution in [0.4, 0.5) is 54.0 Å². The van der Waals surface area contributed by atoms with Crippen molar-refractivity contribution >= 4 is 17.6 Å². The van der Waals surface area contributed by atoms with Crippen molar-refractivity contribution in [3.8, 4) is 0 Å². The molecule has 2 rings (SSSR count). The van der Waals surface area contributed by atoms with E-state index in [1.165, 1.54) is 6.92 Å². The van der Waals surface area contributed by atoms with Crippen LogP contribution >= 0.6 is 0 Å². The maximum absolute atomic E-state index is 14.6. The van der Waals surface area contributed by atoms with Crippen molar-refractivity contribution < 1.29 is 62.6 Å². The van der Waals surface area contributed by atoms with Crippen LogP contribution in [0.15, 0.2) is 24.3 Å². The normalized spacial score (nSPS) is 24.1. The average Bonchev–Trinajstić information content (AvgIpc) is 2.66. The van der Waals surface area contributed by atoms with E-state index in [4.69, 9.17) is 0 Å². The van der Waals surface area contributed by atoms with Gasteiger partial charge in [-0.25, -0.2) is 9.18 Å². The SMILES string of the molecule is CCOC(=O)c1ccc(NC(=O)C2(F)C(F)(F)C(F)(F)C(F)(F)C(F)(F)C2(F)F)cc1. The molecule has 174 valence electrons. The maximum atomic E-state index is 14.6. The first-order valence-electron chi connectivity index (χ1n) is 8.01.